The van der Waals surface area contributed by atoms with Gasteiger partial charge in [0.2, 0.25) is 0 Å². The van der Waals surface area contributed by atoms with Crippen LogP contribution in [0.15, 0.2) is 30.3 Å². The quantitative estimate of drug-likeness (QED) is 0.568. The number of aliphatic hydroxyl groups is 1. The second-order valence-electron chi connectivity index (χ2n) is 2.10. The van der Waals surface area contributed by atoms with Gasteiger partial charge in [0.25, 0.3) is 0 Å². The molecule has 0 spiro atoms. The third-order valence-electron chi connectivity index (χ3n) is 0.940. The summed E-state index contributed by atoms with van der Waals surface area (Å²) < 4.78 is 31.6. The molecule has 14 heavy (non-hydrogen) atoms. The van der Waals surface area contributed by atoms with Gasteiger partial charge in [-0.3, -0.25) is 9.11 Å². The van der Waals surface area contributed by atoms with Crippen LogP contribution < -0.4 is 0 Å². The molecule has 0 aromatic heterocycles. The molecule has 0 bridgehead atoms. The molecule has 0 unspecified atom stereocenters. The van der Waals surface area contributed by atoms with Crippen molar-refractivity contribution in [3.05, 3.63) is 35.9 Å². The van der Waals surface area contributed by atoms with Gasteiger partial charge in [-0.1, -0.05) is 35.9 Å². The summed E-state index contributed by atoms with van der Waals surface area (Å²) in [5, 5.41) is 7.00. The molecule has 0 saturated heterocycles. The van der Waals surface area contributed by atoms with Crippen LogP contribution >= 0.6 is 0 Å². The molecule has 0 heterocycles. The third-order valence-corrected chi connectivity index (χ3v) is 0.940. The van der Waals surface area contributed by atoms with Gasteiger partial charge in [0.15, 0.2) is 0 Å². The van der Waals surface area contributed by atoms with Gasteiger partial charge in [-0.25, -0.2) is 0 Å². The average molecular weight is 222 g/mol. The molecule has 5 nitrogen and oxygen atoms in total. The van der Waals surface area contributed by atoms with E-state index < -0.39 is 10.4 Å². The smallest absolute Gasteiger partial charge is 0.394 e. The number of benzene rings is 1. The number of aliphatic hydroxyl groups excluding tert-OH is 1. The zero-order valence-electron chi connectivity index (χ0n) is 7.95. The van der Waals surface area contributed by atoms with Crippen LogP contribution in [0.5, 0.6) is 0 Å². The minimum absolute atomic E-state index is 1.00. The molecule has 0 amide bonds. The lowest BCUT2D eigenvalue weighted by Gasteiger charge is -1.82. The van der Waals surface area contributed by atoms with Crippen molar-refractivity contribution in [3.63, 3.8) is 0 Å². The molecule has 0 fully saturated rings. The highest BCUT2D eigenvalue weighted by Gasteiger charge is 1.84. The van der Waals surface area contributed by atoms with E-state index in [0.717, 1.165) is 7.11 Å². The van der Waals surface area contributed by atoms with Gasteiger partial charge in [-0.2, -0.15) is 8.42 Å². The number of hydrogen-bond acceptors (Lipinski definition) is 3. The van der Waals surface area contributed by atoms with Crippen molar-refractivity contribution in [2.45, 2.75) is 6.92 Å². The van der Waals surface area contributed by atoms with Crippen LogP contribution in [0.1, 0.15) is 5.56 Å². The Balaban J connectivity index is 0. The molecule has 0 atom stereocenters. The molecule has 0 saturated carbocycles. The van der Waals surface area contributed by atoms with Gasteiger partial charge in [0.05, 0.1) is 0 Å². The Kier molecular flexibility index (Phi) is 9.58. The summed E-state index contributed by atoms with van der Waals surface area (Å²) >= 11 is 0. The molecule has 0 radical (unpaired) electrons. The highest BCUT2D eigenvalue weighted by molar-refractivity contribution is 7.79. The van der Waals surface area contributed by atoms with E-state index in [1.165, 1.54) is 5.56 Å². The normalized spacial score (nSPS) is 8.93. The molecule has 0 aliphatic heterocycles. The Morgan fingerprint density at radius 3 is 1.43 bits per heavy atom. The highest BCUT2D eigenvalue weighted by Crippen LogP contribution is 1.92. The maximum atomic E-state index is 8.74. The SMILES string of the molecule is CO.Cc1ccccc1.O=S(=O)(O)O. The summed E-state index contributed by atoms with van der Waals surface area (Å²) in [5.74, 6) is 0. The molecule has 3 N–H and O–H groups in total. The monoisotopic (exact) mass is 222 g/mol. The predicted molar refractivity (Wildman–Crippen MR) is 53.5 cm³/mol. The second kappa shape index (κ2) is 8.64. The molecular formula is C8H14O5S. The van der Waals surface area contributed by atoms with Gasteiger partial charge in [0, 0.05) is 7.11 Å². The Bertz CT molecular complexity index is 298. The molecule has 0 aliphatic carbocycles. The van der Waals surface area contributed by atoms with Crippen molar-refractivity contribution < 1.29 is 22.6 Å². The molecule has 1 aromatic rings. The lowest BCUT2D eigenvalue weighted by molar-refractivity contribution is 0.381. The molecule has 82 valence electrons. The summed E-state index contributed by atoms with van der Waals surface area (Å²) in [5.41, 5.74) is 1.32. The van der Waals surface area contributed by atoms with E-state index in [9.17, 15) is 0 Å². The maximum Gasteiger partial charge on any atom is 0.394 e. The lowest BCUT2D eigenvalue weighted by atomic mass is 10.2. The van der Waals surface area contributed by atoms with E-state index in [0.29, 0.717) is 0 Å². The summed E-state index contributed by atoms with van der Waals surface area (Å²) in [6.45, 7) is 2.08. The van der Waals surface area contributed by atoms with E-state index in [1.807, 2.05) is 18.2 Å². The third kappa shape index (κ3) is 22.5. The molecule has 1 aromatic carbocycles. The van der Waals surface area contributed by atoms with Gasteiger partial charge in [0.1, 0.15) is 0 Å². The van der Waals surface area contributed by atoms with E-state index in [1.54, 1.807) is 0 Å². The maximum absolute atomic E-state index is 8.74. The van der Waals surface area contributed by atoms with Crippen molar-refractivity contribution in [1.82, 2.24) is 0 Å². The van der Waals surface area contributed by atoms with Crippen LogP contribution in [-0.4, -0.2) is 29.7 Å². The van der Waals surface area contributed by atoms with Gasteiger partial charge < -0.3 is 5.11 Å². The van der Waals surface area contributed by atoms with Crippen molar-refractivity contribution >= 4 is 10.4 Å². The summed E-state index contributed by atoms with van der Waals surface area (Å²) in [6.07, 6.45) is 0. The van der Waals surface area contributed by atoms with Crippen LogP contribution in [-0.2, 0) is 10.4 Å². The largest absolute Gasteiger partial charge is 0.400 e. The van der Waals surface area contributed by atoms with Crippen molar-refractivity contribution in [3.8, 4) is 0 Å². The first-order valence-electron chi connectivity index (χ1n) is 3.56. The summed E-state index contributed by atoms with van der Waals surface area (Å²) in [4.78, 5) is 0. The molecular weight excluding hydrogens is 208 g/mol. The van der Waals surface area contributed by atoms with Gasteiger partial charge >= 0.3 is 10.4 Å². The summed E-state index contributed by atoms with van der Waals surface area (Å²) in [6, 6.07) is 10.3. The van der Waals surface area contributed by atoms with Gasteiger partial charge in [-0.05, 0) is 6.92 Å². The van der Waals surface area contributed by atoms with Crippen molar-refractivity contribution in [2.75, 3.05) is 7.11 Å². The standard InChI is InChI=1S/C7H8.CH4O.H2O4S/c1-7-5-3-2-4-6-7;1-2;1-5(2,3)4/h2-6H,1H3;2H,1H3;(H2,1,2,3,4). The number of rotatable bonds is 0. The highest BCUT2D eigenvalue weighted by atomic mass is 32.3. The van der Waals surface area contributed by atoms with Crippen LogP contribution in [0.25, 0.3) is 0 Å². The molecule has 1 rings (SSSR count). The van der Waals surface area contributed by atoms with E-state index in [4.69, 9.17) is 22.6 Å². The van der Waals surface area contributed by atoms with Crippen LogP contribution in [0.2, 0.25) is 0 Å². The first-order valence-corrected chi connectivity index (χ1v) is 4.95. The number of aryl methyl sites for hydroxylation is 1. The van der Waals surface area contributed by atoms with Crippen LogP contribution in [0, 0.1) is 6.92 Å². The van der Waals surface area contributed by atoms with Crippen LogP contribution in [0.4, 0.5) is 0 Å². The minimum Gasteiger partial charge on any atom is -0.400 e. The lowest BCUT2D eigenvalue weighted by Crippen LogP contribution is -1.89. The zero-order valence-corrected chi connectivity index (χ0v) is 8.77. The average Bonchev–Trinajstić information content (AvgIpc) is 2.06. The van der Waals surface area contributed by atoms with Crippen LogP contribution in [0.3, 0.4) is 0 Å². The second-order valence-corrected chi connectivity index (χ2v) is 3.00. The predicted octanol–water partition coefficient (Wildman–Crippen LogP) is 0.951. The minimum atomic E-state index is -4.67. The number of hydrogen-bond donors (Lipinski definition) is 3. The first-order chi connectivity index (χ1) is 6.39. The van der Waals surface area contributed by atoms with Crippen molar-refractivity contribution in [2.24, 2.45) is 0 Å². The Hall–Kier alpha value is -0.950. The Morgan fingerprint density at radius 1 is 1.00 bits per heavy atom. The fourth-order valence-corrected chi connectivity index (χ4v) is 0.534. The molecule has 6 heteroatoms. The molecule has 0 aliphatic rings. The zero-order chi connectivity index (χ0) is 11.6. The van der Waals surface area contributed by atoms with E-state index in [2.05, 4.69) is 19.1 Å². The summed E-state index contributed by atoms with van der Waals surface area (Å²) in [7, 11) is -3.67. The fourth-order valence-electron chi connectivity index (χ4n) is 0.534. The van der Waals surface area contributed by atoms with Gasteiger partial charge in [-0.15, -0.1) is 0 Å². The Labute approximate surface area is 83.6 Å². The fraction of sp³-hybridized carbons (Fsp3) is 0.250. The van der Waals surface area contributed by atoms with Crippen molar-refractivity contribution in [1.29, 1.82) is 0 Å². The van der Waals surface area contributed by atoms with E-state index >= 15 is 0 Å². The topological polar surface area (TPSA) is 94.8 Å². The first kappa shape index (κ1) is 15.5. The Morgan fingerprint density at radius 2 is 1.29 bits per heavy atom. The van der Waals surface area contributed by atoms with E-state index in [-0.39, 0.29) is 0 Å².